The number of para-hydroxylation sites is 1. The Labute approximate surface area is 173 Å². The van der Waals surface area contributed by atoms with Crippen molar-refractivity contribution < 1.29 is 23.8 Å². The van der Waals surface area contributed by atoms with E-state index in [2.05, 4.69) is 6.58 Å². The summed E-state index contributed by atoms with van der Waals surface area (Å²) in [6, 6.07) is 7.73. The van der Waals surface area contributed by atoms with Crippen LogP contribution >= 0.6 is 0 Å². The standard InChI is InChI=1S/C24H30O5/c1-6-18-15-24(22(25)27-7-2,23(26)28-8-3)16-20(18)14-13-19-11-9-10-12-21(19)29-17(4)5/h6,9-14,17H,1,7-8,15-16H2,2-5H3/b14-13+. The molecule has 5 nitrogen and oxygen atoms in total. The fourth-order valence-corrected chi connectivity index (χ4v) is 3.39. The van der Waals surface area contributed by atoms with E-state index in [0.717, 1.165) is 22.5 Å². The fourth-order valence-electron chi connectivity index (χ4n) is 3.39. The summed E-state index contributed by atoms with van der Waals surface area (Å²) in [6.45, 7) is 11.7. The number of allylic oxidation sites excluding steroid dienone is 4. The third-order valence-electron chi connectivity index (χ3n) is 4.72. The Morgan fingerprint density at radius 1 is 1.03 bits per heavy atom. The maximum atomic E-state index is 12.7. The molecule has 0 unspecified atom stereocenters. The van der Waals surface area contributed by atoms with Crippen LogP contribution in [0.25, 0.3) is 6.08 Å². The van der Waals surface area contributed by atoms with Crippen LogP contribution in [0, 0.1) is 5.41 Å². The number of hydrogen-bond donors (Lipinski definition) is 0. The number of carbonyl (C=O) groups excluding carboxylic acids is 2. The molecule has 156 valence electrons. The molecule has 1 aliphatic rings. The first kappa shape index (κ1) is 22.5. The summed E-state index contributed by atoms with van der Waals surface area (Å²) in [4.78, 5) is 25.4. The van der Waals surface area contributed by atoms with Crippen LogP contribution in [0.4, 0.5) is 0 Å². The van der Waals surface area contributed by atoms with Gasteiger partial charge in [0.1, 0.15) is 5.75 Å². The van der Waals surface area contributed by atoms with Gasteiger partial charge in [-0.2, -0.15) is 0 Å². The van der Waals surface area contributed by atoms with Crippen molar-refractivity contribution in [2.45, 2.75) is 46.6 Å². The summed E-state index contributed by atoms with van der Waals surface area (Å²) in [6.07, 6.45) is 6.03. The molecule has 0 aliphatic heterocycles. The van der Waals surface area contributed by atoms with Crippen molar-refractivity contribution in [3.8, 4) is 5.75 Å². The minimum absolute atomic E-state index is 0.0549. The molecule has 1 aromatic carbocycles. The molecule has 0 amide bonds. The van der Waals surface area contributed by atoms with Crippen molar-refractivity contribution in [3.63, 3.8) is 0 Å². The molecular formula is C24H30O5. The quantitative estimate of drug-likeness (QED) is 0.438. The Bertz CT molecular complexity index is 798. The van der Waals surface area contributed by atoms with E-state index in [0.29, 0.717) is 0 Å². The second-order valence-corrected chi connectivity index (χ2v) is 7.17. The van der Waals surface area contributed by atoms with Gasteiger partial charge in [0.2, 0.25) is 0 Å². The minimum atomic E-state index is -1.36. The van der Waals surface area contributed by atoms with E-state index in [1.165, 1.54) is 0 Å². The maximum absolute atomic E-state index is 12.7. The summed E-state index contributed by atoms with van der Waals surface area (Å²) < 4.78 is 16.3. The SMILES string of the molecule is C=CC1=C(/C=C/c2ccccc2OC(C)C)CC(C(=O)OCC)(C(=O)OCC)C1. The van der Waals surface area contributed by atoms with Gasteiger partial charge in [-0.15, -0.1) is 0 Å². The van der Waals surface area contributed by atoms with E-state index in [-0.39, 0.29) is 32.2 Å². The first-order valence-corrected chi connectivity index (χ1v) is 10.0. The lowest BCUT2D eigenvalue weighted by molar-refractivity contribution is -0.171. The number of hydrogen-bond acceptors (Lipinski definition) is 5. The lowest BCUT2D eigenvalue weighted by Crippen LogP contribution is -2.40. The van der Waals surface area contributed by atoms with E-state index in [4.69, 9.17) is 14.2 Å². The zero-order valence-corrected chi connectivity index (χ0v) is 17.7. The molecule has 2 rings (SSSR count). The average Bonchev–Trinajstić information content (AvgIpc) is 3.07. The highest BCUT2D eigenvalue weighted by Gasteiger charge is 2.52. The Kier molecular flexibility index (Phi) is 7.82. The van der Waals surface area contributed by atoms with Crippen LogP contribution in [0.15, 0.2) is 54.1 Å². The Morgan fingerprint density at radius 2 is 1.62 bits per heavy atom. The topological polar surface area (TPSA) is 61.8 Å². The van der Waals surface area contributed by atoms with Gasteiger partial charge in [0.05, 0.1) is 19.3 Å². The van der Waals surface area contributed by atoms with Crippen LogP contribution in [-0.2, 0) is 19.1 Å². The van der Waals surface area contributed by atoms with Crippen LogP contribution in [0.2, 0.25) is 0 Å². The minimum Gasteiger partial charge on any atom is -0.490 e. The Hall–Kier alpha value is -2.82. The van der Waals surface area contributed by atoms with E-state index in [9.17, 15) is 9.59 Å². The van der Waals surface area contributed by atoms with Crippen LogP contribution < -0.4 is 4.74 Å². The third-order valence-corrected chi connectivity index (χ3v) is 4.72. The molecule has 5 heteroatoms. The van der Waals surface area contributed by atoms with Gasteiger partial charge in [-0.05, 0) is 57.7 Å². The summed E-state index contributed by atoms with van der Waals surface area (Å²) in [5, 5.41) is 0. The third kappa shape index (κ3) is 5.17. The molecule has 0 radical (unpaired) electrons. The van der Waals surface area contributed by atoms with Crippen molar-refractivity contribution in [2.75, 3.05) is 13.2 Å². The summed E-state index contributed by atoms with van der Waals surface area (Å²) in [5.41, 5.74) is 1.26. The van der Waals surface area contributed by atoms with Gasteiger partial charge >= 0.3 is 11.9 Å². The molecule has 0 heterocycles. The lowest BCUT2D eigenvalue weighted by atomic mass is 9.83. The van der Waals surface area contributed by atoms with Crippen LogP contribution in [-0.4, -0.2) is 31.3 Å². The van der Waals surface area contributed by atoms with Crippen molar-refractivity contribution >= 4 is 18.0 Å². The molecule has 0 N–H and O–H groups in total. The van der Waals surface area contributed by atoms with E-state index < -0.39 is 17.4 Å². The Balaban J connectivity index is 2.35. The van der Waals surface area contributed by atoms with Gasteiger partial charge in [0.25, 0.3) is 0 Å². The highest BCUT2D eigenvalue weighted by molar-refractivity contribution is 6.02. The number of ether oxygens (including phenoxy) is 3. The second kappa shape index (κ2) is 10.1. The van der Waals surface area contributed by atoms with Gasteiger partial charge < -0.3 is 14.2 Å². The molecule has 1 aromatic rings. The predicted molar refractivity (Wildman–Crippen MR) is 113 cm³/mol. The number of rotatable bonds is 9. The van der Waals surface area contributed by atoms with E-state index in [1.54, 1.807) is 19.9 Å². The van der Waals surface area contributed by atoms with E-state index >= 15 is 0 Å². The zero-order valence-electron chi connectivity index (χ0n) is 17.7. The zero-order chi connectivity index (χ0) is 21.4. The van der Waals surface area contributed by atoms with Crippen molar-refractivity contribution in [2.24, 2.45) is 5.41 Å². The normalized spacial score (nSPS) is 15.6. The predicted octanol–water partition coefficient (Wildman–Crippen LogP) is 4.88. The van der Waals surface area contributed by atoms with Crippen LogP contribution in [0.3, 0.4) is 0 Å². The molecule has 0 atom stereocenters. The largest absolute Gasteiger partial charge is 0.490 e. The van der Waals surface area contributed by atoms with Gasteiger partial charge in [-0.25, -0.2) is 0 Å². The molecule has 0 bridgehead atoms. The first-order valence-electron chi connectivity index (χ1n) is 10.0. The summed E-state index contributed by atoms with van der Waals surface area (Å²) >= 11 is 0. The summed E-state index contributed by atoms with van der Waals surface area (Å²) in [5.74, 6) is -0.325. The molecule has 0 fully saturated rings. The van der Waals surface area contributed by atoms with Crippen LogP contribution in [0.1, 0.15) is 46.1 Å². The summed E-state index contributed by atoms with van der Waals surface area (Å²) in [7, 11) is 0. The number of esters is 2. The smallest absolute Gasteiger partial charge is 0.324 e. The van der Waals surface area contributed by atoms with E-state index in [1.807, 2.05) is 50.3 Å². The fraction of sp³-hybridized carbons (Fsp3) is 0.417. The average molecular weight is 398 g/mol. The molecule has 0 saturated carbocycles. The van der Waals surface area contributed by atoms with Gasteiger partial charge in [-0.3, -0.25) is 9.59 Å². The van der Waals surface area contributed by atoms with Crippen molar-refractivity contribution in [1.29, 1.82) is 0 Å². The second-order valence-electron chi connectivity index (χ2n) is 7.17. The number of carbonyl (C=O) groups is 2. The lowest BCUT2D eigenvalue weighted by Gasteiger charge is -2.24. The van der Waals surface area contributed by atoms with Crippen LogP contribution in [0.5, 0.6) is 5.75 Å². The monoisotopic (exact) mass is 398 g/mol. The Morgan fingerprint density at radius 3 is 2.17 bits per heavy atom. The van der Waals surface area contributed by atoms with Gasteiger partial charge in [0, 0.05) is 5.56 Å². The molecule has 0 aromatic heterocycles. The molecule has 0 saturated heterocycles. The van der Waals surface area contributed by atoms with Crippen molar-refractivity contribution in [1.82, 2.24) is 0 Å². The molecule has 1 aliphatic carbocycles. The van der Waals surface area contributed by atoms with Crippen molar-refractivity contribution in [3.05, 3.63) is 59.7 Å². The molecule has 0 spiro atoms. The number of benzene rings is 1. The highest BCUT2D eigenvalue weighted by Crippen LogP contribution is 2.45. The highest BCUT2D eigenvalue weighted by atomic mass is 16.6. The van der Waals surface area contributed by atoms with Gasteiger partial charge in [-0.1, -0.05) is 43.0 Å². The maximum Gasteiger partial charge on any atom is 0.324 e. The molecular weight excluding hydrogens is 368 g/mol. The molecule has 29 heavy (non-hydrogen) atoms. The van der Waals surface area contributed by atoms with Gasteiger partial charge in [0.15, 0.2) is 5.41 Å². The first-order chi connectivity index (χ1) is 13.9.